The van der Waals surface area contributed by atoms with Crippen molar-refractivity contribution in [2.24, 2.45) is 5.73 Å². The molecule has 0 aromatic heterocycles. The molecule has 0 aliphatic carbocycles. The minimum absolute atomic E-state index is 0.769. The van der Waals surface area contributed by atoms with Crippen molar-refractivity contribution in [2.75, 3.05) is 6.54 Å². The lowest BCUT2D eigenvalue weighted by Crippen LogP contribution is -2.00. The molecule has 0 unspecified atom stereocenters. The zero-order chi connectivity index (χ0) is 12.8. The smallest absolute Gasteiger partial charge is 0.00258 e. The Morgan fingerprint density at radius 1 is 0.778 bits per heavy atom. The van der Waals surface area contributed by atoms with E-state index in [0.717, 1.165) is 25.8 Å². The van der Waals surface area contributed by atoms with E-state index in [1.165, 1.54) is 22.3 Å². The number of aryl methyl sites for hydroxylation is 2. The van der Waals surface area contributed by atoms with E-state index in [1.54, 1.807) is 0 Å². The minimum Gasteiger partial charge on any atom is -0.330 e. The molecule has 1 nitrogen and oxygen atoms in total. The molecular formula is C17H21N. The molecule has 0 atom stereocenters. The summed E-state index contributed by atoms with van der Waals surface area (Å²) in [6, 6.07) is 17.7. The predicted octanol–water partition coefficient (Wildman–Crippen LogP) is 3.48. The normalized spacial score (nSPS) is 10.6. The van der Waals surface area contributed by atoms with Crippen molar-refractivity contribution in [2.45, 2.75) is 26.2 Å². The van der Waals surface area contributed by atoms with Crippen LogP contribution in [-0.2, 0) is 12.8 Å². The van der Waals surface area contributed by atoms with Crippen molar-refractivity contribution in [3.8, 4) is 0 Å². The molecule has 1 heteroatoms. The van der Waals surface area contributed by atoms with Crippen LogP contribution in [0.25, 0.3) is 0 Å². The van der Waals surface area contributed by atoms with Crippen LogP contribution in [0.2, 0.25) is 0 Å². The SMILES string of the molecule is Cc1ccc(Cc2ccc(CCCN)cc2)cc1. The van der Waals surface area contributed by atoms with Crippen molar-refractivity contribution >= 4 is 0 Å². The highest BCUT2D eigenvalue weighted by atomic mass is 14.5. The molecule has 0 fully saturated rings. The summed E-state index contributed by atoms with van der Waals surface area (Å²) in [7, 11) is 0. The van der Waals surface area contributed by atoms with Gasteiger partial charge in [0, 0.05) is 0 Å². The molecule has 0 aliphatic rings. The van der Waals surface area contributed by atoms with Gasteiger partial charge in [0.1, 0.15) is 0 Å². The molecule has 0 bridgehead atoms. The van der Waals surface area contributed by atoms with Gasteiger partial charge in [-0.1, -0.05) is 54.1 Å². The third kappa shape index (κ3) is 3.71. The maximum absolute atomic E-state index is 5.52. The lowest BCUT2D eigenvalue weighted by Gasteiger charge is -2.05. The first-order valence-electron chi connectivity index (χ1n) is 6.61. The summed E-state index contributed by atoms with van der Waals surface area (Å²) in [5.74, 6) is 0. The van der Waals surface area contributed by atoms with E-state index in [2.05, 4.69) is 55.5 Å². The second-order valence-corrected chi connectivity index (χ2v) is 4.87. The van der Waals surface area contributed by atoms with Crippen LogP contribution in [0.15, 0.2) is 48.5 Å². The van der Waals surface area contributed by atoms with Crippen molar-refractivity contribution in [3.63, 3.8) is 0 Å². The molecule has 0 radical (unpaired) electrons. The molecule has 0 aliphatic heterocycles. The van der Waals surface area contributed by atoms with Crippen molar-refractivity contribution in [3.05, 3.63) is 70.8 Å². The van der Waals surface area contributed by atoms with E-state index in [0.29, 0.717) is 0 Å². The van der Waals surface area contributed by atoms with Gasteiger partial charge >= 0.3 is 0 Å². The van der Waals surface area contributed by atoms with Gasteiger partial charge in [-0.2, -0.15) is 0 Å². The Hall–Kier alpha value is -1.60. The maximum atomic E-state index is 5.52. The van der Waals surface area contributed by atoms with Gasteiger partial charge in [0.05, 0.1) is 0 Å². The highest BCUT2D eigenvalue weighted by molar-refractivity contribution is 5.30. The van der Waals surface area contributed by atoms with Crippen LogP contribution in [0.4, 0.5) is 0 Å². The first kappa shape index (κ1) is 12.8. The summed E-state index contributed by atoms with van der Waals surface area (Å²) in [4.78, 5) is 0. The number of benzene rings is 2. The zero-order valence-corrected chi connectivity index (χ0v) is 11.0. The van der Waals surface area contributed by atoms with Crippen LogP contribution in [0.5, 0.6) is 0 Å². The Labute approximate surface area is 110 Å². The first-order chi connectivity index (χ1) is 8.78. The molecule has 2 aromatic carbocycles. The first-order valence-corrected chi connectivity index (χ1v) is 6.61. The standard InChI is InChI=1S/C17H21N/c1-14-4-6-16(7-5-14)13-17-10-8-15(9-11-17)3-2-12-18/h4-11H,2-3,12-13,18H2,1H3. The van der Waals surface area contributed by atoms with Crippen LogP contribution < -0.4 is 5.73 Å². The van der Waals surface area contributed by atoms with Gasteiger partial charge in [-0.3, -0.25) is 0 Å². The quantitative estimate of drug-likeness (QED) is 0.849. The van der Waals surface area contributed by atoms with Crippen molar-refractivity contribution in [1.29, 1.82) is 0 Å². The fraction of sp³-hybridized carbons (Fsp3) is 0.294. The number of hydrogen-bond acceptors (Lipinski definition) is 1. The van der Waals surface area contributed by atoms with Gasteiger partial charge in [0.15, 0.2) is 0 Å². The average molecular weight is 239 g/mol. The molecule has 18 heavy (non-hydrogen) atoms. The van der Waals surface area contributed by atoms with E-state index < -0.39 is 0 Å². The summed E-state index contributed by atoms with van der Waals surface area (Å²) < 4.78 is 0. The van der Waals surface area contributed by atoms with E-state index in [1.807, 2.05) is 0 Å². The zero-order valence-electron chi connectivity index (χ0n) is 11.0. The molecule has 0 saturated heterocycles. The lowest BCUT2D eigenvalue weighted by molar-refractivity contribution is 0.832. The Morgan fingerprint density at radius 2 is 1.28 bits per heavy atom. The summed E-state index contributed by atoms with van der Waals surface area (Å²) in [5, 5.41) is 0. The Morgan fingerprint density at radius 3 is 1.83 bits per heavy atom. The average Bonchev–Trinajstić information content (AvgIpc) is 2.41. The third-order valence-electron chi connectivity index (χ3n) is 3.22. The van der Waals surface area contributed by atoms with Gasteiger partial charge in [-0.15, -0.1) is 0 Å². The Kier molecular flexibility index (Phi) is 4.54. The lowest BCUT2D eigenvalue weighted by atomic mass is 10.0. The molecule has 94 valence electrons. The van der Waals surface area contributed by atoms with Gasteiger partial charge in [0.25, 0.3) is 0 Å². The molecule has 0 spiro atoms. The molecule has 2 N–H and O–H groups in total. The topological polar surface area (TPSA) is 26.0 Å². The molecule has 0 saturated carbocycles. The van der Waals surface area contributed by atoms with Crippen LogP contribution in [-0.4, -0.2) is 6.54 Å². The number of hydrogen-bond donors (Lipinski definition) is 1. The highest BCUT2D eigenvalue weighted by Crippen LogP contribution is 2.12. The summed E-state index contributed by atoms with van der Waals surface area (Å²) >= 11 is 0. The summed E-state index contributed by atoms with van der Waals surface area (Å²) in [5.41, 5.74) is 11.0. The van der Waals surface area contributed by atoms with Crippen LogP contribution >= 0.6 is 0 Å². The van der Waals surface area contributed by atoms with E-state index >= 15 is 0 Å². The molecule has 2 rings (SSSR count). The summed E-state index contributed by atoms with van der Waals surface area (Å²) in [6.45, 7) is 2.89. The Balaban J connectivity index is 1.99. The van der Waals surface area contributed by atoms with Crippen LogP contribution in [0.3, 0.4) is 0 Å². The fourth-order valence-corrected chi connectivity index (χ4v) is 2.07. The molecule has 2 aromatic rings. The molecular weight excluding hydrogens is 218 g/mol. The molecule has 0 heterocycles. The van der Waals surface area contributed by atoms with Crippen LogP contribution in [0, 0.1) is 6.92 Å². The minimum atomic E-state index is 0.769. The summed E-state index contributed by atoms with van der Waals surface area (Å²) in [6.07, 6.45) is 3.16. The predicted molar refractivity (Wildman–Crippen MR) is 77.8 cm³/mol. The van der Waals surface area contributed by atoms with Crippen molar-refractivity contribution < 1.29 is 0 Å². The largest absolute Gasteiger partial charge is 0.330 e. The van der Waals surface area contributed by atoms with E-state index in [9.17, 15) is 0 Å². The fourth-order valence-electron chi connectivity index (χ4n) is 2.07. The molecule has 0 amide bonds. The monoisotopic (exact) mass is 239 g/mol. The van der Waals surface area contributed by atoms with Crippen LogP contribution in [0.1, 0.15) is 28.7 Å². The van der Waals surface area contributed by atoms with Gasteiger partial charge < -0.3 is 5.73 Å². The second kappa shape index (κ2) is 6.36. The van der Waals surface area contributed by atoms with Gasteiger partial charge in [-0.25, -0.2) is 0 Å². The highest BCUT2D eigenvalue weighted by Gasteiger charge is 1.97. The Bertz CT molecular complexity index is 468. The number of rotatable bonds is 5. The third-order valence-corrected chi connectivity index (χ3v) is 3.22. The second-order valence-electron chi connectivity index (χ2n) is 4.87. The van der Waals surface area contributed by atoms with Crippen molar-refractivity contribution in [1.82, 2.24) is 0 Å². The van der Waals surface area contributed by atoms with Gasteiger partial charge in [0.2, 0.25) is 0 Å². The number of nitrogens with two attached hydrogens (primary N) is 1. The maximum Gasteiger partial charge on any atom is -0.00258 e. The van der Waals surface area contributed by atoms with E-state index in [4.69, 9.17) is 5.73 Å². The van der Waals surface area contributed by atoms with Gasteiger partial charge in [-0.05, 0) is 49.4 Å². The van der Waals surface area contributed by atoms with E-state index in [-0.39, 0.29) is 0 Å².